The molecule has 2 heterocycles. The number of phenolic OH excluding ortho intramolecular Hbond substituents is 1. The molecule has 148 valence electrons. The first-order valence-corrected chi connectivity index (χ1v) is 9.90. The van der Waals surface area contributed by atoms with Crippen LogP contribution in [0.3, 0.4) is 0 Å². The number of pyridine rings is 1. The number of rotatable bonds is 5. The summed E-state index contributed by atoms with van der Waals surface area (Å²) in [5.41, 5.74) is 8.42. The number of aromatic hydroxyl groups is 1. The van der Waals surface area contributed by atoms with Crippen LogP contribution in [0.1, 0.15) is 55.1 Å². The van der Waals surface area contributed by atoms with E-state index in [1.807, 2.05) is 23.6 Å². The van der Waals surface area contributed by atoms with Crippen LogP contribution in [0.25, 0.3) is 11.1 Å². The summed E-state index contributed by atoms with van der Waals surface area (Å²) in [5, 5.41) is 10.0. The molecule has 2 aromatic rings. The quantitative estimate of drug-likeness (QED) is 0.808. The number of nitrogens with zero attached hydrogens (tertiary/aromatic N) is 1. The third kappa shape index (κ3) is 3.33. The zero-order valence-corrected chi connectivity index (χ0v) is 17.4. The molecule has 1 aliphatic rings. The summed E-state index contributed by atoms with van der Waals surface area (Å²) in [4.78, 5) is 13.2. The van der Waals surface area contributed by atoms with Gasteiger partial charge < -0.3 is 14.4 Å². The minimum absolute atomic E-state index is 0.0358. The maximum Gasteiger partial charge on any atom is 0.257 e. The molecule has 0 fully saturated rings. The van der Waals surface area contributed by atoms with Crippen LogP contribution in [0, 0.1) is 6.92 Å². The van der Waals surface area contributed by atoms with Crippen molar-refractivity contribution < 1.29 is 9.84 Å². The van der Waals surface area contributed by atoms with Crippen LogP contribution < -0.4 is 5.56 Å². The topological polar surface area (TPSA) is 51.5 Å². The highest BCUT2D eigenvalue weighted by Crippen LogP contribution is 2.39. The lowest BCUT2D eigenvalue weighted by Crippen LogP contribution is -2.25. The van der Waals surface area contributed by atoms with Crippen molar-refractivity contribution in [3.8, 4) is 5.75 Å². The smallest absolute Gasteiger partial charge is 0.257 e. The van der Waals surface area contributed by atoms with E-state index in [2.05, 4.69) is 32.9 Å². The van der Waals surface area contributed by atoms with E-state index < -0.39 is 0 Å². The lowest BCUT2D eigenvalue weighted by Gasteiger charge is -2.14. The fourth-order valence-corrected chi connectivity index (χ4v) is 4.21. The summed E-state index contributed by atoms with van der Waals surface area (Å²) in [6.07, 6.45) is 3.71. The zero-order valence-electron chi connectivity index (χ0n) is 17.4. The number of ether oxygens (including phenoxy) is 1. The molecule has 0 radical (unpaired) electrons. The van der Waals surface area contributed by atoms with Gasteiger partial charge in [0.15, 0.2) is 0 Å². The molecule has 4 heteroatoms. The standard InChI is InChI=1S/C24H29NO3/c1-6-16-11-23-19(8-3)21(13-25(23)24(27)22(16)14-28-5)18(7-2)20-12-17(26)10-9-15(20)4/h8-12,26H,6-7,13-14H2,1-5H3/b19-8+,21-18-. The molecule has 0 saturated carbocycles. The van der Waals surface area contributed by atoms with Crippen molar-refractivity contribution in [1.29, 1.82) is 0 Å². The van der Waals surface area contributed by atoms with Crippen molar-refractivity contribution >= 4 is 11.1 Å². The van der Waals surface area contributed by atoms with E-state index in [-0.39, 0.29) is 11.3 Å². The maximum absolute atomic E-state index is 13.2. The van der Waals surface area contributed by atoms with Crippen molar-refractivity contribution in [3.63, 3.8) is 0 Å². The normalized spacial score (nSPS) is 16.5. The Balaban J connectivity index is 2.27. The predicted octanol–water partition coefficient (Wildman–Crippen LogP) is 4.85. The number of phenols is 1. The molecular formula is C24H29NO3. The molecule has 0 bridgehead atoms. The van der Waals surface area contributed by atoms with Crippen molar-refractivity contribution in [2.24, 2.45) is 0 Å². The Hall–Kier alpha value is -2.59. The molecule has 0 spiro atoms. The molecule has 1 N–H and O–H groups in total. The first kappa shape index (κ1) is 20.2. The number of hydrogen-bond acceptors (Lipinski definition) is 3. The number of fused-ring (bicyclic) bond motifs is 1. The molecule has 28 heavy (non-hydrogen) atoms. The minimum atomic E-state index is 0.0358. The second-order valence-corrected chi connectivity index (χ2v) is 7.22. The van der Waals surface area contributed by atoms with Gasteiger partial charge in [0.25, 0.3) is 5.56 Å². The second kappa shape index (κ2) is 8.19. The Morgan fingerprint density at radius 1 is 1.29 bits per heavy atom. The number of hydrogen-bond donors (Lipinski definition) is 1. The molecule has 0 aliphatic carbocycles. The van der Waals surface area contributed by atoms with Crippen molar-refractivity contribution in [1.82, 2.24) is 4.57 Å². The van der Waals surface area contributed by atoms with Crippen LogP contribution in [-0.2, 0) is 24.3 Å². The first-order valence-electron chi connectivity index (χ1n) is 9.90. The van der Waals surface area contributed by atoms with Crippen LogP contribution in [-0.4, -0.2) is 16.8 Å². The maximum atomic E-state index is 13.2. The Bertz CT molecular complexity index is 1020. The Morgan fingerprint density at radius 3 is 2.64 bits per heavy atom. The summed E-state index contributed by atoms with van der Waals surface area (Å²) in [6.45, 7) is 9.15. The number of methoxy groups -OCH3 is 1. The van der Waals surface area contributed by atoms with E-state index in [9.17, 15) is 9.90 Å². The monoisotopic (exact) mass is 379 g/mol. The molecule has 0 amide bonds. The molecule has 1 aromatic heterocycles. The molecule has 1 aromatic carbocycles. The van der Waals surface area contributed by atoms with E-state index in [1.54, 1.807) is 13.2 Å². The first-order chi connectivity index (χ1) is 13.5. The molecule has 0 unspecified atom stereocenters. The van der Waals surface area contributed by atoms with Gasteiger partial charge in [0, 0.05) is 12.7 Å². The Labute approximate surface area is 166 Å². The number of aromatic nitrogens is 1. The Kier molecular flexibility index (Phi) is 5.90. The lowest BCUT2D eigenvalue weighted by atomic mass is 9.90. The lowest BCUT2D eigenvalue weighted by molar-refractivity contribution is 0.182. The van der Waals surface area contributed by atoms with Gasteiger partial charge in [-0.1, -0.05) is 26.0 Å². The second-order valence-electron chi connectivity index (χ2n) is 7.22. The van der Waals surface area contributed by atoms with Crippen LogP contribution in [0.2, 0.25) is 0 Å². The van der Waals surface area contributed by atoms with Gasteiger partial charge in [-0.2, -0.15) is 0 Å². The average Bonchev–Trinajstić information content (AvgIpc) is 3.05. The molecule has 1 aliphatic heterocycles. The van der Waals surface area contributed by atoms with Gasteiger partial charge in [0.05, 0.1) is 18.8 Å². The van der Waals surface area contributed by atoms with Crippen LogP contribution >= 0.6 is 0 Å². The van der Waals surface area contributed by atoms with Gasteiger partial charge in [-0.15, -0.1) is 0 Å². The van der Waals surface area contributed by atoms with E-state index in [4.69, 9.17) is 4.74 Å². The van der Waals surface area contributed by atoms with Gasteiger partial charge in [-0.3, -0.25) is 4.79 Å². The minimum Gasteiger partial charge on any atom is -0.508 e. The SMILES string of the molecule is C/C=C1\C(=C(\CC)c2cc(O)ccc2C)Cn2c1cc(CC)c(COC)c2=O. The van der Waals surface area contributed by atoms with Crippen molar-refractivity contribution in [2.45, 2.75) is 53.7 Å². The highest BCUT2D eigenvalue weighted by molar-refractivity contribution is 5.91. The van der Waals surface area contributed by atoms with Crippen molar-refractivity contribution in [2.75, 3.05) is 7.11 Å². The third-order valence-corrected chi connectivity index (χ3v) is 5.63. The summed E-state index contributed by atoms with van der Waals surface area (Å²) >= 11 is 0. The van der Waals surface area contributed by atoms with Crippen molar-refractivity contribution in [3.05, 3.63) is 74.2 Å². The largest absolute Gasteiger partial charge is 0.508 e. The highest BCUT2D eigenvalue weighted by atomic mass is 16.5. The predicted molar refractivity (Wildman–Crippen MR) is 114 cm³/mol. The van der Waals surface area contributed by atoms with Crippen LogP contribution in [0.4, 0.5) is 0 Å². The Morgan fingerprint density at radius 2 is 2.04 bits per heavy atom. The van der Waals surface area contributed by atoms with Gasteiger partial charge in [-0.25, -0.2) is 0 Å². The molecule has 3 rings (SSSR count). The zero-order chi connectivity index (χ0) is 20.4. The van der Waals surface area contributed by atoms with E-state index in [0.717, 1.165) is 51.9 Å². The van der Waals surface area contributed by atoms with Gasteiger partial charge >= 0.3 is 0 Å². The van der Waals surface area contributed by atoms with Crippen LogP contribution in [0.5, 0.6) is 5.75 Å². The number of benzene rings is 1. The van der Waals surface area contributed by atoms with Crippen LogP contribution in [0.15, 0.2) is 40.7 Å². The van der Waals surface area contributed by atoms with Gasteiger partial charge in [0.1, 0.15) is 5.75 Å². The summed E-state index contributed by atoms with van der Waals surface area (Å²) in [6, 6.07) is 7.62. The van der Waals surface area contributed by atoms with Gasteiger partial charge in [0.2, 0.25) is 0 Å². The van der Waals surface area contributed by atoms with E-state index in [0.29, 0.717) is 13.2 Å². The summed E-state index contributed by atoms with van der Waals surface area (Å²) in [5.74, 6) is 0.262. The molecule has 0 saturated heterocycles. The van der Waals surface area contributed by atoms with E-state index >= 15 is 0 Å². The molecule has 4 nitrogen and oxygen atoms in total. The highest BCUT2D eigenvalue weighted by Gasteiger charge is 2.27. The average molecular weight is 380 g/mol. The third-order valence-electron chi connectivity index (χ3n) is 5.63. The fourth-order valence-electron chi connectivity index (χ4n) is 4.21. The number of allylic oxidation sites excluding steroid dienone is 4. The number of aryl methyl sites for hydroxylation is 2. The summed E-state index contributed by atoms with van der Waals surface area (Å²) < 4.78 is 7.16. The van der Waals surface area contributed by atoms with E-state index in [1.165, 1.54) is 5.57 Å². The summed E-state index contributed by atoms with van der Waals surface area (Å²) in [7, 11) is 1.62. The fraction of sp³-hybridized carbons (Fsp3) is 0.375. The molecular weight excluding hydrogens is 350 g/mol. The molecule has 0 atom stereocenters. The van der Waals surface area contributed by atoms with Gasteiger partial charge in [-0.05, 0) is 78.3 Å².